The Morgan fingerprint density at radius 2 is 1.85 bits per heavy atom. The molecular weight excluding hydrogens is 356 g/mol. The van der Waals surface area contributed by atoms with Gasteiger partial charge in [0, 0.05) is 30.2 Å². The largest absolute Gasteiger partial charge is 0.449 e. The van der Waals surface area contributed by atoms with Crippen LogP contribution in [0, 0.1) is 0 Å². The monoisotopic (exact) mass is 372 g/mol. The lowest BCUT2D eigenvalue weighted by atomic mass is 10.3. The van der Waals surface area contributed by atoms with E-state index in [1.54, 1.807) is 53.0 Å². The maximum absolute atomic E-state index is 12.5. The molecule has 0 saturated heterocycles. The van der Waals surface area contributed by atoms with Gasteiger partial charge in [0.15, 0.2) is 6.10 Å². The second kappa shape index (κ2) is 7.45. The van der Waals surface area contributed by atoms with Crippen molar-refractivity contribution >= 4 is 29.2 Å². The summed E-state index contributed by atoms with van der Waals surface area (Å²) in [5.41, 5.74) is 0.839. The van der Waals surface area contributed by atoms with Crippen molar-refractivity contribution in [3.05, 3.63) is 65.6 Å². The zero-order valence-corrected chi connectivity index (χ0v) is 15.0. The minimum atomic E-state index is -0.976. The van der Waals surface area contributed by atoms with E-state index in [4.69, 9.17) is 16.3 Å². The molecule has 0 radical (unpaired) electrons. The summed E-state index contributed by atoms with van der Waals surface area (Å²) < 4.78 is 8.62. The van der Waals surface area contributed by atoms with Crippen LogP contribution >= 0.6 is 11.6 Å². The normalized spacial score (nSPS) is 11.8. The van der Waals surface area contributed by atoms with E-state index in [9.17, 15) is 9.59 Å². The summed E-state index contributed by atoms with van der Waals surface area (Å²) in [5.74, 6) is -0.502. The molecular formula is C18H17ClN4O3. The molecule has 0 aliphatic heterocycles. The first-order valence-corrected chi connectivity index (χ1v) is 8.26. The summed E-state index contributed by atoms with van der Waals surface area (Å²) in [6, 6.07) is 10.3. The molecule has 26 heavy (non-hydrogen) atoms. The summed E-state index contributed by atoms with van der Waals surface area (Å²) in [5, 5.41) is 7.34. The number of ether oxygens (including phenoxy) is 1. The Hall–Kier alpha value is -3.06. The first-order chi connectivity index (χ1) is 12.5. The molecule has 1 aromatic carbocycles. The molecule has 1 N–H and O–H groups in total. The SMILES string of the molecule is CC(OC(=O)c1cnn(C)c1-n1cccc1)C(=O)Nc1ccc(Cl)cc1. The van der Waals surface area contributed by atoms with E-state index in [1.165, 1.54) is 13.1 Å². The maximum atomic E-state index is 12.5. The third kappa shape index (κ3) is 3.78. The predicted octanol–water partition coefficient (Wildman–Crippen LogP) is 3.05. The number of nitrogens with one attached hydrogen (secondary N) is 1. The van der Waals surface area contributed by atoms with E-state index in [1.807, 2.05) is 12.1 Å². The van der Waals surface area contributed by atoms with Gasteiger partial charge >= 0.3 is 5.97 Å². The number of aryl methyl sites for hydroxylation is 1. The zero-order valence-electron chi connectivity index (χ0n) is 14.2. The van der Waals surface area contributed by atoms with Gasteiger partial charge in [-0.05, 0) is 43.3 Å². The van der Waals surface area contributed by atoms with Gasteiger partial charge in [0.1, 0.15) is 11.4 Å². The number of aromatic nitrogens is 3. The van der Waals surface area contributed by atoms with Crippen molar-refractivity contribution < 1.29 is 14.3 Å². The van der Waals surface area contributed by atoms with Gasteiger partial charge in [-0.1, -0.05) is 11.6 Å². The lowest BCUT2D eigenvalue weighted by molar-refractivity contribution is -0.123. The standard InChI is InChI=1S/C18H17ClN4O3/c1-12(16(24)21-14-7-5-13(19)6-8-14)26-18(25)15-11-20-22(2)17(15)23-9-3-4-10-23/h3-12H,1-2H3,(H,21,24). The van der Waals surface area contributed by atoms with Gasteiger partial charge in [0.2, 0.25) is 0 Å². The van der Waals surface area contributed by atoms with Crippen LogP contribution in [0.4, 0.5) is 5.69 Å². The van der Waals surface area contributed by atoms with E-state index >= 15 is 0 Å². The van der Waals surface area contributed by atoms with Crippen molar-refractivity contribution in [1.29, 1.82) is 0 Å². The molecule has 0 aliphatic rings. The van der Waals surface area contributed by atoms with Crippen LogP contribution in [0.15, 0.2) is 55.0 Å². The van der Waals surface area contributed by atoms with Crippen LogP contribution in [-0.2, 0) is 16.6 Å². The van der Waals surface area contributed by atoms with E-state index < -0.39 is 18.0 Å². The van der Waals surface area contributed by atoms with Crippen molar-refractivity contribution in [1.82, 2.24) is 14.3 Å². The fraction of sp³-hybridized carbons (Fsp3) is 0.167. The first kappa shape index (κ1) is 17.8. The summed E-state index contributed by atoms with van der Waals surface area (Å²) >= 11 is 5.81. The number of carbonyl (C=O) groups is 2. The topological polar surface area (TPSA) is 78.2 Å². The molecule has 2 aromatic heterocycles. The van der Waals surface area contributed by atoms with Crippen molar-refractivity contribution in [2.75, 3.05) is 5.32 Å². The number of esters is 1. The van der Waals surface area contributed by atoms with Crippen LogP contribution in [0.2, 0.25) is 5.02 Å². The molecule has 8 heteroatoms. The fourth-order valence-corrected chi connectivity index (χ4v) is 2.54. The van der Waals surface area contributed by atoms with Gasteiger partial charge in [-0.3, -0.25) is 9.48 Å². The molecule has 3 aromatic rings. The number of rotatable bonds is 5. The van der Waals surface area contributed by atoms with Gasteiger partial charge < -0.3 is 14.6 Å². The molecule has 2 heterocycles. The molecule has 7 nitrogen and oxygen atoms in total. The molecule has 0 bridgehead atoms. The molecule has 1 unspecified atom stereocenters. The van der Waals surface area contributed by atoms with Gasteiger partial charge in [-0.15, -0.1) is 0 Å². The summed E-state index contributed by atoms with van der Waals surface area (Å²) in [7, 11) is 1.72. The van der Waals surface area contributed by atoms with Crippen LogP contribution in [0.3, 0.4) is 0 Å². The van der Waals surface area contributed by atoms with Crippen LogP contribution in [-0.4, -0.2) is 32.3 Å². The number of anilines is 1. The summed E-state index contributed by atoms with van der Waals surface area (Å²) in [4.78, 5) is 24.7. The molecule has 134 valence electrons. The van der Waals surface area contributed by atoms with E-state index in [2.05, 4.69) is 10.4 Å². The minimum Gasteiger partial charge on any atom is -0.449 e. The average Bonchev–Trinajstić information content (AvgIpc) is 3.25. The van der Waals surface area contributed by atoms with Gasteiger partial charge in [0.05, 0.1) is 6.20 Å². The van der Waals surface area contributed by atoms with Crippen molar-refractivity contribution in [2.24, 2.45) is 7.05 Å². The van der Waals surface area contributed by atoms with E-state index in [-0.39, 0.29) is 5.56 Å². The minimum absolute atomic E-state index is 0.273. The third-order valence-electron chi connectivity index (χ3n) is 3.74. The van der Waals surface area contributed by atoms with Gasteiger partial charge in [-0.25, -0.2) is 4.79 Å². The summed E-state index contributed by atoms with van der Waals surface area (Å²) in [6.07, 6.45) is 4.03. The second-order valence-electron chi connectivity index (χ2n) is 5.64. The number of benzene rings is 1. The number of carbonyl (C=O) groups excluding carboxylic acids is 2. The van der Waals surface area contributed by atoms with Crippen LogP contribution in [0.5, 0.6) is 0 Å². The van der Waals surface area contributed by atoms with Crippen molar-refractivity contribution in [3.8, 4) is 5.82 Å². The van der Waals surface area contributed by atoms with Gasteiger partial charge in [0.25, 0.3) is 5.91 Å². The lowest BCUT2D eigenvalue weighted by Gasteiger charge is -2.14. The maximum Gasteiger partial charge on any atom is 0.344 e. The predicted molar refractivity (Wildman–Crippen MR) is 97.5 cm³/mol. The Kier molecular flexibility index (Phi) is 5.09. The van der Waals surface area contributed by atoms with E-state index in [0.29, 0.717) is 16.5 Å². The Morgan fingerprint density at radius 3 is 2.50 bits per heavy atom. The highest BCUT2D eigenvalue weighted by Gasteiger charge is 2.23. The number of amides is 1. The molecule has 0 spiro atoms. The smallest absolute Gasteiger partial charge is 0.344 e. The van der Waals surface area contributed by atoms with Crippen molar-refractivity contribution in [3.63, 3.8) is 0 Å². The second-order valence-corrected chi connectivity index (χ2v) is 6.08. The van der Waals surface area contributed by atoms with Crippen LogP contribution in [0.1, 0.15) is 17.3 Å². The zero-order chi connectivity index (χ0) is 18.7. The van der Waals surface area contributed by atoms with Crippen LogP contribution < -0.4 is 5.32 Å². The lowest BCUT2D eigenvalue weighted by Crippen LogP contribution is -2.30. The number of halogens is 1. The first-order valence-electron chi connectivity index (χ1n) is 7.88. The molecule has 1 amide bonds. The van der Waals surface area contributed by atoms with Crippen LogP contribution in [0.25, 0.3) is 5.82 Å². The fourth-order valence-electron chi connectivity index (χ4n) is 2.41. The molecule has 1 atom stereocenters. The molecule has 3 rings (SSSR count). The Bertz CT molecular complexity index is 917. The molecule has 0 saturated carbocycles. The number of hydrogen-bond donors (Lipinski definition) is 1. The quantitative estimate of drug-likeness (QED) is 0.698. The van der Waals surface area contributed by atoms with E-state index in [0.717, 1.165) is 0 Å². The number of hydrogen-bond acceptors (Lipinski definition) is 4. The molecule has 0 fully saturated rings. The Labute approximate surface area is 155 Å². The molecule has 0 aliphatic carbocycles. The average molecular weight is 373 g/mol. The number of nitrogens with zero attached hydrogens (tertiary/aromatic N) is 3. The summed E-state index contributed by atoms with van der Waals surface area (Å²) in [6.45, 7) is 1.51. The Morgan fingerprint density at radius 1 is 1.19 bits per heavy atom. The highest BCUT2D eigenvalue weighted by molar-refractivity contribution is 6.30. The Balaban J connectivity index is 1.70. The van der Waals surface area contributed by atoms with Crippen molar-refractivity contribution in [2.45, 2.75) is 13.0 Å². The highest BCUT2D eigenvalue weighted by atomic mass is 35.5. The third-order valence-corrected chi connectivity index (χ3v) is 3.99. The highest BCUT2D eigenvalue weighted by Crippen LogP contribution is 2.17. The van der Waals surface area contributed by atoms with Gasteiger partial charge in [-0.2, -0.15) is 5.10 Å².